The molecule has 1 amide bonds. The minimum atomic E-state index is -4.59. The number of halogens is 4. The fraction of sp³-hybridized carbons (Fsp3) is 0.160. The van der Waals surface area contributed by atoms with E-state index in [1.807, 2.05) is 0 Å². The highest BCUT2D eigenvalue weighted by Gasteiger charge is 2.34. The molecule has 1 N–H and O–H groups in total. The van der Waals surface area contributed by atoms with Gasteiger partial charge in [0.2, 0.25) is 0 Å². The molecule has 0 saturated heterocycles. The van der Waals surface area contributed by atoms with Crippen LogP contribution in [0.3, 0.4) is 0 Å². The lowest BCUT2D eigenvalue weighted by Gasteiger charge is -2.19. The molecule has 13 heteroatoms. The first-order valence-electron chi connectivity index (χ1n) is 11.1. The number of aromatic nitrogens is 3. The van der Waals surface area contributed by atoms with E-state index >= 15 is 0 Å². The van der Waals surface area contributed by atoms with Crippen LogP contribution in [0.4, 0.5) is 13.2 Å². The maximum atomic E-state index is 13.3. The molecule has 0 aliphatic heterocycles. The van der Waals surface area contributed by atoms with Gasteiger partial charge >= 0.3 is 11.9 Å². The summed E-state index contributed by atoms with van der Waals surface area (Å²) >= 11 is 5.88. The summed E-state index contributed by atoms with van der Waals surface area (Å²) in [5.74, 6) is -0.613. The summed E-state index contributed by atoms with van der Waals surface area (Å²) in [7, 11) is -3.06. The lowest BCUT2D eigenvalue weighted by molar-refractivity contribution is -0.138. The van der Waals surface area contributed by atoms with Gasteiger partial charge in [-0.05, 0) is 67.1 Å². The molecular formula is C25H20ClF3N4O4S. The number of benzene rings is 3. The zero-order valence-electron chi connectivity index (χ0n) is 19.9. The SMILES string of the molecule is C[C@H](NC(=O)c1ccc(S(=O)(=O)n2nc(-c3ccc(Cl)cc3)n(C)c2=O)cc1)c1ccccc1C(F)(F)F. The van der Waals surface area contributed by atoms with Gasteiger partial charge in [-0.2, -0.15) is 21.6 Å². The zero-order chi connectivity index (χ0) is 27.8. The quantitative estimate of drug-likeness (QED) is 0.367. The smallest absolute Gasteiger partial charge is 0.346 e. The number of carbonyl (C=O) groups excluding carboxylic acids is 1. The van der Waals surface area contributed by atoms with Crippen LogP contribution in [0.25, 0.3) is 11.4 Å². The van der Waals surface area contributed by atoms with Gasteiger partial charge in [0.1, 0.15) is 0 Å². The first-order chi connectivity index (χ1) is 17.8. The summed E-state index contributed by atoms with van der Waals surface area (Å²) in [6.07, 6.45) is -4.59. The first kappa shape index (κ1) is 27.1. The summed E-state index contributed by atoms with van der Waals surface area (Å²) in [5.41, 5.74) is -1.41. The number of hydrogen-bond acceptors (Lipinski definition) is 5. The van der Waals surface area contributed by atoms with Crippen LogP contribution in [0.2, 0.25) is 5.02 Å². The summed E-state index contributed by atoms with van der Waals surface area (Å²) in [6.45, 7) is 1.41. The maximum absolute atomic E-state index is 13.3. The number of hydrogen-bond donors (Lipinski definition) is 1. The Kier molecular flexibility index (Phi) is 7.22. The Morgan fingerprint density at radius 3 is 2.21 bits per heavy atom. The molecule has 0 unspecified atom stereocenters. The van der Waals surface area contributed by atoms with E-state index in [-0.39, 0.29) is 21.8 Å². The number of carbonyl (C=O) groups is 1. The third kappa shape index (κ3) is 5.22. The number of rotatable bonds is 6. The average molecular weight is 565 g/mol. The fourth-order valence-corrected chi connectivity index (χ4v) is 5.11. The molecule has 4 rings (SSSR count). The van der Waals surface area contributed by atoms with Crippen molar-refractivity contribution >= 4 is 27.5 Å². The molecule has 0 spiro atoms. The van der Waals surface area contributed by atoms with Crippen LogP contribution in [0.5, 0.6) is 0 Å². The lowest BCUT2D eigenvalue weighted by atomic mass is 10.0. The molecule has 4 aromatic rings. The van der Waals surface area contributed by atoms with Crippen LogP contribution >= 0.6 is 11.6 Å². The molecule has 0 bridgehead atoms. The highest BCUT2D eigenvalue weighted by atomic mass is 35.5. The van der Waals surface area contributed by atoms with Gasteiger partial charge in [-0.3, -0.25) is 9.36 Å². The van der Waals surface area contributed by atoms with Crippen molar-refractivity contribution in [1.29, 1.82) is 0 Å². The van der Waals surface area contributed by atoms with Crippen molar-refractivity contribution in [2.75, 3.05) is 0 Å². The molecule has 3 aromatic carbocycles. The highest BCUT2D eigenvalue weighted by molar-refractivity contribution is 7.89. The van der Waals surface area contributed by atoms with Gasteiger partial charge in [-0.25, -0.2) is 4.79 Å². The Morgan fingerprint density at radius 1 is 1.00 bits per heavy atom. The van der Waals surface area contributed by atoms with Crippen molar-refractivity contribution in [2.24, 2.45) is 7.05 Å². The maximum Gasteiger partial charge on any atom is 0.416 e. The number of amides is 1. The molecule has 0 aliphatic rings. The van der Waals surface area contributed by atoms with Crippen molar-refractivity contribution in [2.45, 2.75) is 24.0 Å². The van der Waals surface area contributed by atoms with Crippen molar-refractivity contribution in [3.05, 3.63) is 105 Å². The number of nitrogens with zero attached hydrogens (tertiary/aromatic N) is 3. The molecule has 38 heavy (non-hydrogen) atoms. The summed E-state index contributed by atoms with van der Waals surface area (Å²) in [5, 5.41) is 6.92. The first-order valence-corrected chi connectivity index (χ1v) is 12.9. The van der Waals surface area contributed by atoms with Crippen LogP contribution in [0, 0.1) is 0 Å². The second kappa shape index (κ2) is 10.1. The van der Waals surface area contributed by atoms with Crippen molar-refractivity contribution in [1.82, 2.24) is 19.1 Å². The van der Waals surface area contributed by atoms with Crippen LogP contribution in [0.15, 0.2) is 82.5 Å². The minimum absolute atomic E-state index is 0.00973. The Morgan fingerprint density at radius 2 is 1.61 bits per heavy atom. The third-order valence-electron chi connectivity index (χ3n) is 5.78. The van der Waals surface area contributed by atoms with E-state index in [4.69, 9.17) is 11.6 Å². The van der Waals surface area contributed by atoms with Gasteiger partial charge in [-0.1, -0.05) is 33.9 Å². The van der Waals surface area contributed by atoms with E-state index in [0.29, 0.717) is 14.7 Å². The van der Waals surface area contributed by atoms with E-state index < -0.39 is 39.4 Å². The molecule has 1 aromatic heterocycles. The van der Waals surface area contributed by atoms with E-state index in [9.17, 15) is 31.2 Å². The summed E-state index contributed by atoms with van der Waals surface area (Å²) in [6, 6.07) is 14.8. The monoisotopic (exact) mass is 564 g/mol. The predicted molar refractivity (Wildman–Crippen MR) is 134 cm³/mol. The van der Waals surface area contributed by atoms with Crippen LogP contribution < -0.4 is 11.0 Å². The Hall–Kier alpha value is -3.90. The van der Waals surface area contributed by atoms with Crippen molar-refractivity contribution in [3.8, 4) is 11.4 Å². The third-order valence-corrected chi connectivity index (χ3v) is 7.59. The average Bonchev–Trinajstić information content (AvgIpc) is 3.19. The van der Waals surface area contributed by atoms with Gasteiger partial charge in [0.25, 0.3) is 15.9 Å². The fourth-order valence-electron chi connectivity index (χ4n) is 3.79. The van der Waals surface area contributed by atoms with Gasteiger partial charge in [0.05, 0.1) is 16.5 Å². The Labute approximate surface area is 220 Å². The molecule has 0 aliphatic carbocycles. The Bertz CT molecular complexity index is 1660. The highest BCUT2D eigenvalue weighted by Crippen LogP contribution is 2.34. The molecule has 198 valence electrons. The predicted octanol–water partition coefficient (Wildman–Crippen LogP) is 4.65. The van der Waals surface area contributed by atoms with Crippen LogP contribution in [-0.2, 0) is 23.2 Å². The van der Waals surface area contributed by atoms with Gasteiger partial charge < -0.3 is 5.32 Å². The second-order valence-corrected chi connectivity index (χ2v) is 10.5. The van der Waals surface area contributed by atoms with Gasteiger partial charge in [0, 0.05) is 23.2 Å². The molecular weight excluding hydrogens is 545 g/mol. The van der Waals surface area contributed by atoms with Gasteiger partial charge in [0.15, 0.2) is 5.82 Å². The molecule has 0 radical (unpaired) electrons. The molecule has 0 fully saturated rings. The second-order valence-electron chi connectivity index (χ2n) is 8.32. The normalized spacial score (nSPS) is 12.8. The zero-order valence-corrected chi connectivity index (χ0v) is 21.5. The lowest BCUT2D eigenvalue weighted by Crippen LogP contribution is -2.30. The summed E-state index contributed by atoms with van der Waals surface area (Å²) < 4.78 is 67.7. The molecule has 0 saturated carbocycles. The number of nitrogens with one attached hydrogen (secondary N) is 1. The Balaban J connectivity index is 1.58. The topological polar surface area (TPSA) is 103 Å². The van der Waals surface area contributed by atoms with E-state index in [1.165, 1.54) is 44.3 Å². The van der Waals surface area contributed by atoms with Crippen molar-refractivity contribution < 1.29 is 26.4 Å². The number of alkyl halides is 3. The van der Waals surface area contributed by atoms with E-state index in [0.717, 1.165) is 22.8 Å². The van der Waals surface area contributed by atoms with Crippen LogP contribution in [-0.4, -0.2) is 28.1 Å². The van der Waals surface area contributed by atoms with E-state index in [2.05, 4.69) is 10.4 Å². The standard InChI is InChI=1S/C25H20ClF3N4O4S/c1-15(20-5-3-4-6-21(20)25(27,28)29)30-23(34)17-9-13-19(14-10-17)38(36,37)33-24(35)32(2)22(31-33)16-7-11-18(26)12-8-16/h3-15H,1-2H3,(H,30,34)/t15-/m0/s1. The molecule has 8 nitrogen and oxygen atoms in total. The summed E-state index contributed by atoms with van der Waals surface area (Å²) in [4.78, 5) is 25.1. The molecule has 1 atom stereocenters. The van der Waals surface area contributed by atoms with Crippen LogP contribution in [0.1, 0.15) is 34.5 Å². The minimum Gasteiger partial charge on any atom is -0.346 e. The largest absolute Gasteiger partial charge is 0.416 e. The molecule has 1 heterocycles. The van der Waals surface area contributed by atoms with Crippen molar-refractivity contribution in [3.63, 3.8) is 0 Å². The van der Waals surface area contributed by atoms with E-state index in [1.54, 1.807) is 24.3 Å². The van der Waals surface area contributed by atoms with Gasteiger partial charge in [-0.15, -0.1) is 5.10 Å².